The van der Waals surface area contributed by atoms with Gasteiger partial charge in [0.1, 0.15) is 0 Å². The third-order valence-electron chi connectivity index (χ3n) is 3.70. The number of halogens is 1. The quantitative estimate of drug-likeness (QED) is 0.910. The maximum atomic E-state index is 12.2. The molecule has 0 atom stereocenters. The first-order chi connectivity index (χ1) is 8.27. The molecule has 0 spiro atoms. The zero-order valence-corrected chi connectivity index (χ0v) is 13.0. The van der Waals surface area contributed by atoms with Crippen molar-refractivity contribution in [1.82, 2.24) is 9.71 Å². The van der Waals surface area contributed by atoms with E-state index in [1.807, 2.05) is 0 Å². The molecular weight excluding hydrogens is 292 g/mol. The van der Waals surface area contributed by atoms with Crippen molar-refractivity contribution in [1.29, 1.82) is 0 Å². The van der Waals surface area contributed by atoms with Gasteiger partial charge in [0.15, 0.2) is 8.68 Å². The molecule has 0 radical (unpaired) electrons. The molecule has 1 N–H and O–H groups in total. The normalized spacial score (nSPS) is 18.3. The molecule has 18 heavy (non-hydrogen) atoms. The molecule has 0 amide bonds. The number of aromatic nitrogens is 1. The Hall–Kier alpha value is -0.170. The van der Waals surface area contributed by atoms with Crippen LogP contribution in [0.15, 0.2) is 4.21 Å². The van der Waals surface area contributed by atoms with Crippen molar-refractivity contribution in [3.8, 4) is 0 Å². The molecule has 102 valence electrons. The predicted molar refractivity (Wildman–Crippen MR) is 73.6 cm³/mol. The van der Waals surface area contributed by atoms with E-state index in [-0.39, 0.29) is 14.1 Å². The Morgan fingerprint density at radius 2 is 2.11 bits per heavy atom. The van der Waals surface area contributed by atoms with Crippen LogP contribution in [0.4, 0.5) is 0 Å². The van der Waals surface area contributed by atoms with Crippen molar-refractivity contribution in [3.05, 3.63) is 10.2 Å². The number of hydrogen-bond acceptors (Lipinski definition) is 4. The molecule has 1 aliphatic carbocycles. The predicted octanol–water partition coefficient (Wildman–Crippen LogP) is 2.82. The van der Waals surface area contributed by atoms with E-state index in [0.717, 1.165) is 24.2 Å². The fraction of sp³-hybridized carbons (Fsp3) is 0.727. The minimum absolute atomic E-state index is 0.148. The summed E-state index contributed by atoms with van der Waals surface area (Å²) in [6.45, 7) is 6.43. The highest BCUT2D eigenvalue weighted by atomic mass is 35.5. The fourth-order valence-corrected chi connectivity index (χ4v) is 4.94. The molecule has 1 saturated carbocycles. The summed E-state index contributed by atoms with van der Waals surface area (Å²) >= 11 is 6.74. The van der Waals surface area contributed by atoms with Crippen LogP contribution in [0, 0.1) is 18.3 Å². The van der Waals surface area contributed by atoms with Crippen LogP contribution >= 0.6 is 22.9 Å². The summed E-state index contributed by atoms with van der Waals surface area (Å²) in [6, 6.07) is 0. The van der Waals surface area contributed by atoms with E-state index >= 15 is 0 Å². The van der Waals surface area contributed by atoms with Gasteiger partial charge in [-0.3, -0.25) is 0 Å². The Kier molecular flexibility index (Phi) is 3.75. The van der Waals surface area contributed by atoms with Gasteiger partial charge in [0.25, 0.3) is 10.0 Å². The number of sulfonamides is 1. The molecule has 0 unspecified atom stereocenters. The molecule has 0 saturated heterocycles. The molecule has 0 aliphatic heterocycles. The lowest BCUT2D eigenvalue weighted by atomic mass is 9.93. The largest absolute Gasteiger partial charge is 0.252 e. The van der Waals surface area contributed by atoms with Gasteiger partial charge in [-0.25, -0.2) is 18.1 Å². The second-order valence-electron chi connectivity index (χ2n) is 5.18. The lowest BCUT2D eigenvalue weighted by Gasteiger charge is -2.19. The van der Waals surface area contributed by atoms with E-state index in [1.165, 1.54) is 0 Å². The van der Waals surface area contributed by atoms with Crippen LogP contribution in [0.5, 0.6) is 0 Å². The fourth-order valence-electron chi connectivity index (χ4n) is 2.02. The number of nitrogens with one attached hydrogen (secondary N) is 1. The van der Waals surface area contributed by atoms with Crippen molar-refractivity contribution in [2.24, 2.45) is 11.3 Å². The second-order valence-corrected chi connectivity index (χ2v) is 8.72. The van der Waals surface area contributed by atoms with Gasteiger partial charge in [0.05, 0.1) is 5.69 Å². The summed E-state index contributed by atoms with van der Waals surface area (Å²) in [6.07, 6.45) is 2.19. The van der Waals surface area contributed by atoms with Gasteiger partial charge in [0, 0.05) is 6.54 Å². The highest BCUT2D eigenvalue weighted by Crippen LogP contribution is 2.51. The van der Waals surface area contributed by atoms with Crippen molar-refractivity contribution >= 4 is 33.0 Å². The van der Waals surface area contributed by atoms with Gasteiger partial charge in [-0.05, 0) is 31.1 Å². The summed E-state index contributed by atoms with van der Waals surface area (Å²) in [7, 11) is -3.48. The first-order valence-corrected chi connectivity index (χ1v) is 8.57. The van der Waals surface area contributed by atoms with Crippen LogP contribution in [0.3, 0.4) is 0 Å². The standard InChI is InChI=1S/C11H17ClN2O2S2/c1-7(2)11(4-5-11)6-13-18(15,16)9-8(3)14-10(12)17-9/h7,13H,4-6H2,1-3H3. The van der Waals surface area contributed by atoms with Crippen LogP contribution in [0.25, 0.3) is 0 Å². The summed E-state index contributed by atoms with van der Waals surface area (Å²) in [5, 5.41) is 0. The van der Waals surface area contributed by atoms with Gasteiger partial charge in [-0.15, -0.1) is 0 Å². The van der Waals surface area contributed by atoms with Gasteiger partial charge in [-0.2, -0.15) is 0 Å². The van der Waals surface area contributed by atoms with E-state index in [4.69, 9.17) is 11.6 Å². The average Bonchev–Trinajstić information content (AvgIpc) is 2.97. The van der Waals surface area contributed by atoms with Crippen LogP contribution < -0.4 is 4.72 Å². The molecule has 1 fully saturated rings. The zero-order chi connectivity index (χ0) is 13.6. The first kappa shape index (κ1) is 14.2. The van der Waals surface area contributed by atoms with Crippen LogP contribution in [-0.2, 0) is 10.0 Å². The second kappa shape index (κ2) is 4.74. The smallest absolute Gasteiger partial charge is 0.229 e. The van der Waals surface area contributed by atoms with E-state index in [0.29, 0.717) is 18.2 Å². The molecule has 1 aliphatic rings. The average molecular weight is 309 g/mol. The molecule has 1 aromatic heterocycles. The van der Waals surface area contributed by atoms with E-state index in [1.54, 1.807) is 6.92 Å². The number of nitrogens with zero attached hydrogens (tertiary/aromatic N) is 1. The summed E-state index contributed by atoms with van der Waals surface area (Å²) in [4.78, 5) is 3.94. The Balaban J connectivity index is 2.11. The molecule has 7 heteroatoms. The first-order valence-electron chi connectivity index (χ1n) is 5.89. The van der Waals surface area contributed by atoms with E-state index in [9.17, 15) is 8.42 Å². The van der Waals surface area contributed by atoms with Crippen LogP contribution in [-0.4, -0.2) is 19.9 Å². The van der Waals surface area contributed by atoms with Gasteiger partial charge in [-0.1, -0.05) is 36.8 Å². The number of hydrogen-bond donors (Lipinski definition) is 1. The minimum Gasteiger partial charge on any atom is -0.229 e. The Bertz CT molecular complexity index is 547. The molecule has 1 heterocycles. The molecule has 1 aromatic rings. The van der Waals surface area contributed by atoms with Crippen LogP contribution in [0.1, 0.15) is 32.4 Å². The third kappa shape index (κ3) is 2.71. The molecule has 0 bridgehead atoms. The van der Waals surface area contributed by atoms with Gasteiger partial charge in [0.2, 0.25) is 0 Å². The van der Waals surface area contributed by atoms with Crippen molar-refractivity contribution in [3.63, 3.8) is 0 Å². The summed E-state index contributed by atoms with van der Waals surface area (Å²) < 4.78 is 27.5. The zero-order valence-electron chi connectivity index (χ0n) is 10.7. The third-order valence-corrected chi connectivity index (χ3v) is 6.98. The summed E-state index contributed by atoms with van der Waals surface area (Å²) in [5.41, 5.74) is 0.613. The minimum atomic E-state index is -3.48. The lowest BCUT2D eigenvalue weighted by Crippen LogP contribution is -2.32. The SMILES string of the molecule is Cc1nc(Cl)sc1S(=O)(=O)NCC1(C(C)C)CC1. The molecular formula is C11H17ClN2O2S2. The molecule has 2 rings (SSSR count). The Morgan fingerprint density at radius 3 is 2.50 bits per heavy atom. The monoisotopic (exact) mass is 308 g/mol. The Morgan fingerprint density at radius 1 is 1.50 bits per heavy atom. The van der Waals surface area contributed by atoms with Crippen molar-refractivity contribution in [2.75, 3.05) is 6.54 Å². The Labute approximate surface area is 117 Å². The van der Waals surface area contributed by atoms with Crippen LogP contribution in [0.2, 0.25) is 4.47 Å². The van der Waals surface area contributed by atoms with E-state index in [2.05, 4.69) is 23.6 Å². The topological polar surface area (TPSA) is 59.1 Å². The number of aryl methyl sites for hydroxylation is 1. The van der Waals surface area contributed by atoms with Gasteiger partial charge < -0.3 is 0 Å². The maximum Gasteiger partial charge on any atom is 0.252 e. The van der Waals surface area contributed by atoms with Crippen molar-refractivity contribution in [2.45, 2.75) is 37.8 Å². The number of thiazole rings is 1. The highest BCUT2D eigenvalue weighted by molar-refractivity contribution is 7.91. The highest BCUT2D eigenvalue weighted by Gasteiger charge is 2.45. The lowest BCUT2D eigenvalue weighted by molar-refractivity contribution is 0.357. The maximum absolute atomic E-state index is 12.2. The van der Waals surface area contributed by atoms with E-state index < -0.39 is 10.0 Å². The molecule has 4 nitrogen and oxygen atoms in total. The molecule has 0 aromatic carbocycles. The van der Waals surface area contributed by atoms with Crippen molar-refractivity contribution < 1.29 is 8.42 Å². The number of rotatable bonds is 5. The van der Waals surface area contributed by atoms with Gasteiger partial charge >= 0.3 is 0 Å². The summed E-state index contributed by atoms with van der Waals surface area (Å²) in [5.74, 6) is 0.492.